The molecule has 0 spiro atoms. The number of ketones is 2. The van der Waals surface area contributed by atoms with Crippen LogP contribution in [0.15, 0.2) is 32.7 Å². The van der Waals surface area contributed by atoms with Crippen molar-refractivity contribution in [1.29, 1.82) is 0 Å². The van der Waals surface area contributed by atoms with Crippen LogP contribution in [-0.2, 0) is 9.59 Å². The van der Waals surface area contributed by atoms with Crippen LogP contribution in [0.25, 0.3) is 0 Å². The zero-order valence-corrected chi connectivity index (χ0v) is 13.8. The molecule has 0 saturated heterocycles. The first-order chi connectivity index (χ1) is 11.1. The maximum absolute atomic E-state index is 13.6. The molecule has 1 aromatic carbocycles. The first-order valence-electron chi connectivity index (χ1n) is 7.63. The quantitative estimate of drug-likeness (QED) is 0.756. The Labute approximate surface area is 141 Å². The summed E-state index contributed by atoms with van der Waals surface area (Å²) >= 11 is 3.20. The highest BCUT2D eigenvalue weighted by molar-refractivity contribution is 9.10. The molecule has 0 radical (unpaired) electrons. The number of fused-ring (bicyclic) bond motifs is 2. The molecule has 1 aromatic rings. The Kier molecular flexibility index (Phi) is 3.52. The van der Waals surface area contributed by atoms with Crippen molar-refractivity contribution in [2.24, 2.45) is 21.8 Å². The van der Waals surface area contributed by atoms with Crippen LogP contribution < -0.4 is 0 Å². The van der Waals surface area contributed by atoms with Gasteiger partial charge in [-0.25, -0.2) is 4.39 Å². The van der Waals surface area contributed by atoms with Gasteiger partial charge in [-0.05, 0) is 40.0 Å². The van der Waals surface area contributed by atoms with E-state index >= 15 is 0 Å². The van der Waals surface area contributed by atoms with Gasteiger partial charge in [0.15, 0.2) is 5.78 Å². The van der Waals surface area contributed by atoms with E-state index in [9.17, 15) is 14.0 Å². The first-order valence-corrected chi connectivity index (χ1v) is 8.42. The van der Waals surface area contributed by atoms with Gasteiger partial charge in [0.05, 0.1) is 28.9 Å². The minimum atomic E-state index is -0.388. The lowest BCUT2D eigenvalue weighted by Gasteiger charge is -2.38. The maximum Gasteiger partial charge on any atom is 0.160 e. The smallest absolute Gasteiger partial charge is 0.160 e. The van der Waals surface area contributed by atoms with Crippen LogP contribution in [0.2, 0.25) is 0 Å². The summed E-state index contributed by atoms with van der Waals surface area (Å²) in [6, 6.07) is 4.43. The van der Waals surface area contributed by atoms with Crippen molar-refractivity contribution in [3.8, 4) is 0 Å². The van der Waals surface area contributed by atoms with E-state index in [2.05, 4.69) is 25.9 Å². The molecule has 2 aliphatic heterocycles. The minimum Gasteiger partial charge on any atom is -0.299 e. The van der Waals surface area contributed by atoms with Crippen LogP contribution in [0.3, 0.4) is 0 Å². The summed E-state index contributed by atoms with van der Waals surface area (Å²) in [5, 5.41) is 0. The highest BCUT2D eigenvalue weighted by Gasteiger charge is 2.50. The third-order valence-corrected chi connectivity index (χ3v) is 5.58. The van der Waals surface area contributed by atoms with Crippen molar-refractivity contribution in [2.75, 3.05) is 6.54 Å². The number of nitrogens with zero attached hydrogens (tertiary/aromatic N) is 2. The number of benzene rings is 1. The van der Waals surface area contributed by atoms with Crippen molar-refractivity contribution in [2.45, 2.75) is 24.8 Å². The molecule has 0 amide bonds. The number of Topliss-reactive ketones (excluding diaryl/α,β-unsaturated/α-hetero) is 2. The minimum absolute atomic E-state index is 0.00504. The summed E-state index contributed by atoms with van der Waals surface area (Å²) < 4.78 is 13.9. The Morgan fingerprint density at radius 2 is 1.96 bits per heavy atom. The first kappa shape index (κ1) is 14.9. The number of halogens is 2. The van der Waals surface area contributed by atoms with Crippen molar-refractivity contribution < 1.29 is 14.0 Å². The van der Waals surface area contributed by atoms with Gasteiger partial charge in [-0.15, -0.1) is 0 Å². The zero-order chi connectivity index (χ0) is 16.1. The monoisotopic (exact) mass is 376 g/mol. The standard InChI is InChI=1S/C17H14BrFN2O2/c18-9-5-8(1-2-10(9)19)15-16-11(3-4-13(16)22)21-12-6-20-7-14(23)17(12)15/h1-2,5-6,12,15-17H,3-4,7H2. The molecule has 1 aliphatic carbocycles. The van der Waals surface area contributed by atoms with Crippen LogP contribution in [0.5, 0.6) is 0 Å². The van der Waals surface area contributed by atoms with E-state index < -0.39 is 0 Å². The average molecular weight is 377 g/mol. The van der Waals surface area contributed by atoms with Crippen LogP contribution >= 0.6 is 15.9 Å². The van der Waals surface area contributed by atoms with E-state index in [0.29, 0.717) is 17.3 Å². The van der Waals surface area contributed by atoms with Crippen molar-refractivity contribution in [3.63, 3.8) is 0 Å². The molecule has 1 fully saturated rings. The summed E-state index contributed by atoms with van der Waals surface area (Å²) in [5.41, 5.74) is 1.67. The van der Waals surface area contributed by atoms with Crippen molar-refractivity contribution in [3.05, 3.63) is 34.1 Å². The molecule has 0 bridgehead atoms. The molecule has 6 heteroatoms. The second kappa shape index (κ2) is 5.44. The molecule has 2 heterocycles. The lowest BCUT2D eigenvalue weighted by Crippen LogP contribution is -2.46. The van der Waals surface area contributed by atoms with Crippen LogP contribution in [0.1, 0.15) is 24.3 Å². The van der Waals surface area contributed by atoms with E-state index in [1.807, 2.05) is 0 Å². The van der Waals surface area contributed by atoms with E-state index in [0.717, 1.165) is 11.3 Å². The Morgan fingerprint density at radius 1 is 1.13 bits per heavy atom. The van der Waals surface area contributed by atoms with Gasteiger partial charge < -0.3 is 0 Å². The van der Waals surface area contributed by atoms with Gasteiger partial charge in [0.25, 0.3) is 0 Å². The second-order valence-corrected chi connectivity index (χ2v) is 7.09. The Balaban J connectivity index is 1.87. The maximum atomic E-state index is 13.6. The second-order valence-electron chi connectivity index (χ2n) is 6.24. The van der Waals surface area contributed by atoms with Crippen LogP contribution in [0, 0.1) is 17.7 Å². The van der Waals surface area contributed by atoms with Gasteiger partial charge in [0.1, 0.15) is 11.6 Å². The molecule has 0 aromatic heterocycles. The number of carbonyl (C=O) groups is 2. The highest BCUT2D eigenvalue weighted by Crippen LogP contribution is 2.45. The van der Waals surface area contributed by atoms with E-state index in [4.69, 9.17) is 0 Å². The fraction of sp³-hybridized carbons (Fsp3) is 0.412. The molecule has 4 rings (SSSR count). The molecular formula is C17H14BrFN2O2. The Bertz CT molecular complexity index is 774. The molecule has 0 N–H and O–H groups in total. The highest BCUT2D eigenvalue weighted by atomic mass is 79.9. The number of hydrogen-bond donors (Lipinski definition) is 0. The number of rotatable bonds is 1. The zero-order valence-electron chi connectivity index (χ0n) is 12.2. The normalized spacial score (nSPS) is 32.5. The third kappa shape index (κ3) is 2.31. The Hall–Kier alpha value is -1.69. The van der Waals surface area contributed by atoms with Gasteiger partial charge in [0.2, 0.25) is 0 Å². The van der Waals surface area contributed by atoms with Crippen molar-refractivity contribution >= 4 is 39.4 Å². The van der Waals surface area contributed by atoms with Gasteiger partial charge in [-0.2, -0.15) is 0 Å². The molecule has 118 valence electrons. The molecule has 1 saturated carbocycles. The van der Waals surface area contributed by atoms with Crippen LogP contribution in [0.4, 0.5) is 4.39 Å². The van der Waals surface area contributed by atoms with Gasteiger partial charge in [-0.1, -0.05) is 6.07 Å². The molecule has 4 nitrogen and oxygen atoms in total. The third-order valence-electron chi connectivity index (χ3n) is 4.97. The fourth-order valence-corrected chi connectivity index (χ4v) is 4.38. The van der Waals surface area contributed by atoms with Gasteiger partial charge in [0, 0.05) is 24.3 Å². The molecule has 23 heavy (non-hydrogen) atoms. The molecular weight excluding hydrogens is 363 g/mol. The summed E-state index contributed by atoms with van der Waals surface area (Å²) in [7, 11) is 0. The number of aliphatic imine (C=N–C) groups is 2. The van der Waals surface area contributed by atoms with E-state index in [-0.39, 0.29) is 47.7 Å². The Morgan fingerprint density at radius 3 is 2.74 bits per heavy atom. The SMILES string of the molecule is O=C1CCC2=NC3C=NCC(=O)C3C(c3ccc(F)c(Br)c3)C12. The molecule has 3 aliphatic rings. The van der Waals surface area contributed by atoms with Gasteiger partial charge >= 0.3 is 0 Å². The largest absolute Gasteiger partial charge is 0.299 e. The van der Waals surface area contributed by atoms with Crippen molar-refractivity contribution in [1.82, 2.24) is 0 Å². The van der Waals surface area contributed by atoms with E-state index in [1.165, 1.54) is 6.07 Å². The van der Waals surface area contributed by atoms with Crippen LogP contribution in [-0.4, -0.2) is 36.1 Å². The summed E-state index contributed by atoms with van der Waals surface area (Å²) in [5.74, 6) is -1.25. The van der Waals surface area contributed by atoms with E-state index in [1.54, 1.807) is 18.3 Å². The predicted molar refractivity (Wildman–Crippen MR) is 87.7 cm³/mol. The number of carbonyl (C=O) groups excluding carboxylic acids is 2. The lowest BCUT2D eigenvalue weighted by atomic mass is 9.68. The molecule has 4 unspecified atom stereocenters. The fourth-order valence-electron chi connectivity index (χ4n) is 3.98. The average Bonchev–Trinajstić information content (AvgIpc) is 2.90. The summed E-state index contributed by atoms with van der Waals surface area (Å²) in [6.45, 7) is 0.131. The molecule has 4 atom stereocenters. The lowest BCUT2D eigenvalue weighted by molar-refractivity contribution is -0.124. The summed E-state index contributed by atoms with van der Waals surface area (Å²) in [6.07, 6.45) is 2.84. The summed E-state index contributed by atoms with van der Waals surface area (Å²) in [4.78, 5) is 33.6. The van der Waals surface area contributed by atoms with Gasteiger partial charge in [-0.3, -0.25) is 19.6 Å². The number of hydrogen-bond acceptors (Lipinski definition) is 4. The predicted octanol–water partition coefficient (Wildman–Crippen LogP) is 2.74. The topological polar surface area (TPSA) is 58.9 Å².